The van der Waals surface area contributed by atoms with Gasteiger partial charge in [-0.1, -0.05) is 0 Å². The minimum absolute atomic E-state index is 0.183. The van der Waals surface area contributed by atoms with E-state index in [1.54, 1.807) is 0 Å². The normalized spacial score (nSPS) is 12.0. The van der Waals surface area contributed by atoms with E-state index >= 15 is 0 Å². The third-order valence-corrected chi connectivity index (χ3v) is 2.34. The lowest BCUT2D eigenvalue weighted by Crippen LogP contribution is -2.10. The molecule has 0 radical (unpaired) electrons. The fourth-order valence-electron chi connectivity index (χ4n) is 0.952. The van der Waals surface area contributed by atoms with Gasteiger partial charge in [0.2, 0.25) is 0 Å². The molecule has 16 heavy (non-hydrogen) atoms. The second-order valence-electron chi connectivity index (χ2n) is 2.64. The Morgan fingerprint density at radius 2 is 1.75 bits per heavy atom. The van der Waals surface area contributed by atoms with Gasteiger partial charge in [-0.25, -0.2) is 4.39 Å². The lowest BCUT2D eigenvalue weighted by atomic mass is 10.2. The van der Waals surface area contributed by atoms with E-state index in [1.807, 2.05) is 0 Å². The van der Waals surface area contributed by atoms with E-state index in [0.29, 0.717) is 6.07 Å². The Morgan fingerprint density at radius 3 is 2.19 bits per heavy atom. The third-order valence-electron chi connectivity index (χ3n) is 1.53. The fourth-order valence-corrected chi connectivity index (χ4v) is 1.50. The van der Waals surface area contributed by atoms with Crippen molar-refractivity contribution < 1.29 is 31.1 Å². The van der Waals surface area contributed by atoms with Crippen molar-refractivity contribution in [1.29, 1.82) is 0 Å². The van der Waals surface area contributed by atoms with E-state index in [4.69, 9.17) is 0 Å². The van der Waals surface area contributed by atoms with Crippen LogP contribution in [-0.4, -0.2) is 6.61 Å². The Kier molecular flexibility index (Phi) is 3.72. The number of ether oxygens (including phenoxy) is 1. The van der Waals surface area contributed by atoms with Crippen LogP contribution in [0.1, 0.15) is 5.56 Å². The highest BCUT2D eigenvalue weighted by molar-refractivity contribution is 9.10. The number of alkyl halides is 5. The molecule has 0 aromatic heterocycles. The summed E-state index contributed by atoms with van der Waals surface area (Å²) in [7, 11) is 0. The van der Waals surface area contributed by atoms with E-state index in [1.165, 1.54) is 0 Å². The van der Waals surface area contributed by atoms with E-state index < -0.39 is 34.4 Å². The van der Waals surface area contributed by atoms with Crippen molar-refractivity contribution >= 4 is 15.9 Å². The van der Waals surface area contributed by atoms with Gasteiger partial charge in [0, 0.05) is 6.07 Å². The van der Waals surface area contributed by atoms with Gasteiger partial charge in [0.25, 0.3) is 0 Å². The molecule has 0 aliphatic rings. The quantitative estimate of drug-likeness (QED) is 0.744. The molecule has 0 aliphatic carbocycles. The monoisotopic (exact) mass is 308 g/mol. The molecule has 1 nitrogen and oxygen atoms in total. The van der Waals surface area contributed by atoms with Crippen LogP contribution in [0.3, 0.4) is 0 Å². The van der Waals surface area contributed by atoms with Crippen LogP contribution in [0, 0.1) is 5.82 Å². The van der Waals surface area contributed by atoms with Crippen LogP contribution in [0.5, 0.6) is 5.75 Å². The van der Waals surface area contributed by atoms with Gasteiger partial charge in [0.05, 0.1) is 10.0 Å². The predicted molar refractivity (Wildman–Crippen MR) is 45.7 cm³/mol. The highest BCUT2D eigenvalue weighted by Gasteiger charge is 2.35. The second kappa shape index (κ2) is 4.52. The van der Waals surface area contributed by atoms with Crippen LogP contribution in [-0.2, 0) is 6.18 Å². The smallest absolute Gasteiger partial charge is 0.417 e. The van der Waals surface area contributed by atoms with Crippen molar-refractivity contribution in [3.63, 3.8) is 0 Å². The fraction of sp³-hybridized carbons (Fsp3) is 0.250. The van der Waals surface area contributed by atoms with Crippen molar-refractivity contribution in [2.24, 2.45) is 0 Å². The summed E-state index contributed by atoms with van der Waals surface area (Å²) in [5.74, 6) is -2.21. The number of hydrogen-bond donors (Lipinski definition) is 0. The maximum Gasteiger partial charge on any atom is 0.417 e. The molecular weight excluding hydrogens is 306 g/mol. The molecule has 0 aliphatic heterocycles. The molecule has 0 saturated heterocycles. The Bertz CT molecular complexity index is 389. The van der Waals surface area contributed by atoms with Crippen molar-refractivity contribution in [3.8, 4) is 5.75 Å². The van der Waals surface area contributed by atoms with Gasteiger partial charge in [-0.2, -0.15) is 22.0 Å². The number of benzene rings is 1. The standard InChI is InChI=1S/C8H3BrF6O/c9-6-4(8(13,14)15)1-3(10)2-5(6)16-7(11)12/h1-2,7H. The van der Waals surface area contributed by atoms with E-state index in [2.05, 4.69) is 20.7 Å². The van der Waals surface area contributed by atoms with Crippen molar-refractivity contribution in [1.82, 2.24) is 0 Å². The van der Waals surface area contributed by atoms with Crippen molar-refractivity contribution in [2.45, 2.75) is 12.8 Å². The zero-order chi connectivity index (χ0) is 12.5. The molecule has 0 fully saturated rings. The van der Waals surface area contributed by atoms with Crippen LogP contribution < -0.4 is 4.74 Å². The summed E-state index contributed by atoms with van der Waals surface area (Å²) in [6, 6.07) is 0.619. The SMILES string of the molecule is Fc1cc(OC(F)F)c(Br)c(C(F)(F)F)c1. The molecule has 1 aromatic carbocycles. The number of rotatable bonds is 2. The van der Waals surface area contributed by atoms with E-state index in [0.717, 1.165) is 0 Å². The molecule has 0 spiro atoms. The molecular formula is C8H3BrF6O. The molecule has 8 heteroatoms. The van der Waals surface area contributed by atoms with Crippen LogP contribution in [0.2, 0.25) is 0 Å². The van der Waals surface area contributed by atoms with Gasteiger partial charge >= 0.3 is 12.8 Å². The van der Waals surface area contributed by atoms with Gasteiger partial charge < -0.3 is 4.74 Å². The van der Waals surface area contributed by atoms with Gasteiger partial charge in [-0.15, -0.1) is 0 Å². The van der Waals surface area contributed by atoms with Crippen LogP contribution >= 0.6 is 15.9 Å². The largest absolute Gasteiger partial charge is 0.434 e. The van der Waals surface area contributed by atoms with Gasteiger partial charge in [-0.05, 0) is 22.0 Å². The second-order valence-corrected chi connectivity index (χ2v) is 3.43. The molecule has 0 bridgehead atoms. The first-order chi connectivity index (χ1) is 7.21. The lowest BCUT2D eigenvalue weighted by Gasteiger charge is -2.13. The summed E-state index contributed by atoms with van der Waals surface area (Å²) < 4.78 is 76.3. The number of halogens is 7. The maximum atomic E-state index is 12.7. The Morgan fingerprint density at radius 1 is 1.19 bits per heavy atom. The summed E-state index contributed by atoms with van der Waals surface area (Å²) in [6.07, 6.45) is -4.86. The molecule has 0 heterocycles. The highest BCUT2D eigenvalue weighted by atomic mass is 79.9. The van der Waals surface area contributed by atoms with Gasteiger partial charge in [0.15, 0.2) is 0 Å². The van der Waals surface area contributed by atoms with E-state index in [-0.39, 0.29) is 6.07 Å². The summed E-state index contributed by atoms with van der Waals surface area (Å²) in [5.41, 5.74) is -1.41. The first-order valence-corrected chi connectivity index (χ1v) is 4.52. The molecule has 0 amide bonds. The minimum Gasteiger partial charge on any atom is -0.434 e. The molecule has 0 saturated carbocycles. The van der Waals surface area contributed by atoms with Crippen molar-refractivity contribution in [3.05, 3.63) is 28.0 Å². The molecule has 1 rings (SSSR count). The topological polar surface area (TPSA) is 9.23 Å². The number of hydrogen-bond acceptors (Lipinski definition) is 1. The Balaban J connectivity index is 3.26. The van der Waals surface area contributed by atoms with Crippen LogP contribution in [0.25, 0.3) is 0 Å². The predicted octanol–water partition coefficient (Wildman–Crippen LogP) is 4.21. The Hall–Kier alpha value is -0.920. The third kappa shape index (κ3) is 3.03. The summed E-state index contributed by atoms with van der Waals surface area (Å²) in [6.45, 7) is -3.33. The molecule has 0 atom stereocenters. The minimum atomic E-state index is -4.86. The molecule has 90 valence electrons. The zero-order valence-electron chi connectivity index (χ0n) is 7.29. The molecule has 0 N–H and O–H groups in total. The van der Waals surface area contributed by atoms with Crippen molar-refractivity contribution in [2.75, 3.05) is 0 Å². The van der Waals surface area contributed by atoms with E-state index in [9.17, 15) is 26.3 Å². The summed E-state index contributed by atoms with van der Waals surface area (Å²) >= 11 is 2.43. The first-order valence-electron chi connectivity index (χ1n) is 3.73. The molecule has 1 aromatic rings. The maximum absolute atomic E-state index is 12.7. The highest BCUT2D eigenvalue weighted by Crippen LogP contribution is 2.40. The summed E-state index contributed by atoms with van der Waals surface area (Å²) in [4.78, 5) is 0. The average molecular weight is 309 g/mol. The zero-order valence-corrected chi connectivity index (χ0v) is 8.87. The summed E-state index contributed by atoms with van der Waals surface area (Å²) in [5, 5.41) is 0. The van der Waals surface area contributed by atoms with Gasteiger partial charge in [0.1, 0.15) is 11.6 Å². The van der Waals surface area contributed by atoms with Gasteiger partial charge in [-0.3, -0.25) is 0 Å². The van der Waals surface area contributed by atoms with Crippen LogP contribution in [0.4, 0.5) is 26.3 Å². The average Bonchev–Trinajstić information content (AvgIpc) is 2.07. The Labute approximate surface area is 94.1 Å². The van der Waals surface area contributed by atoms with Crippen LogP contribution in [0.15, 0.2) is 16.6 Å². The molecule has 0 unspecified atom stereocenters. The first kappa shape index (κ1) is 13.1. The lowest BCUT2D eigenvalue weighted by molar-refractivity contribution is -0.138.